The molecule has 0 saturated carbocycles. The number of likely N-dealkylation sites (N-methyl/N-ethyl adjacent to an activating group) is 1. The van der Waals surface area contributed by atoms with Gasteiger partial charge in [0.1, 0.15) is 12.6 Å². The van der Waals surface area contributed by atoms with E-state index in [1.807, 2.05) is 0 Å². The first-order chi connectivity index (χ1) is 26.2. The number of hydrogen-bond donors (Lipinski definition) is 3. The third kappa shape index (κ3) is 9.52. The van der Waals surface area contributed by atoms with Gasteiger partial charge in [0, 0.05) is 18.7 Å². The number of nitrogens with zero attached hydrogens (tertiary/aromatic N) is 2. The van der Waals surface area contributed by atoms with Gasteiger partial charge in [-0.3, -0.25) is 0 Å². The summed E-state index contributed by atoms with van der Waals surface area (Å²) in [5, 5.41) is 19.8. The van der Waals surface area contributed by atoms with Crippen LogP contribution in [0.3, 0.4) is 0 Å². The quantitative estimate of drug-likeness (QED) is 0.0675. The van der Waals surface area contributed by atoms with Crippen LogP contribution in [0.1, 0.15) is 12.8 Å². The van der Waals surface area contributed by atoms with E-state index in [2.05, 4.69) is 0 Å². The average molecular weight is 1010 g/mol. The van der Waals surface area contributed by atoms with Crippen LogP contribution < -0.4 is 0 Å². The maximum atomic E-state index is 15.1. The lowest BCUT2D eigenvalue weighted by Crippen LogP contribution is -2.78. The van der Waals surface area contributed by atoms with Gasteiger partial charge in [0.15, 0.2) is 0 Å². The minimum absolute atomic E-state index is 0.630. The van der Waals surface area contributed by atoms with Crippen molar-refractivity contribution in [1.29, 1.82) is 0 Å². The molecule has 3 N–H and O–H groups in total. The van der Waals surface area contributed by atoms with Crippen molar-refractivity contribution in [3.05, 3.63) is 0 Å². The normalized spacial score (nSPS) is 17.2. The molecular weight excluding hydrogens is 983 g/mol. The van der Waals surface area contributed by atoms with Crippen LogP contribution in [0.5, 0.6) is 0 Å². The Hall–Kier alpha value is -2.09. The number of quaternary nitrogens is 1. The minimum atomic E-state index is -9.90. The molecule has 37 heteroatoms. The van der Waals surface area contributed by atoms with Gasteiger partial charge in [0.25, 0.3) is 10.0 Å². The zero-order chi connectivity index (χ0) is 49.9. The predicted octanol–water partition coefficient (Wildman–Crippen LogP) is 5.24. The lowest BCUT2D eigenvalue weighted by molar-refractivity contribution is -0.893. The summed E-state index contributed by atoms with van der Waals surface area (Å²) in [6.45, 7) is -6.77. The van der Waals surface area contributed by atoms with E-state index in [9.17, 15) is 133 Å². The largest absolute Gasteiger partial charge is 0.748 e. The van der Waals surface area contributed by atoms with E-state index in [-0.39, 0.29) is 0 Å². The smallest absolute Gasteiger partial charge is 0.460 e. The fraction of sp³-hybridized carbons (Fsp3) is 1.00. The predicted molar refractivity (Wildman–Crippen MR) is 146 cm³/mol. The van der Waals surface area contributed by atoms with Gasteiger partial charge in [-0.1, -0.05) is 0 Å². The molecule has 0 aliphatic heterocycles. The van der Waals surface area contributed by atoms with Crippen molar-refractivity contribution >= 4 is 20.1 Å². The molecule has 0 rings (SSSR count). The second kappa shape index (κ2) is 17.0. The summed E-state index contributed by atoms with van der Waals surface area (Å²) in [6.07, 6.45) is -13.0. The fourth-order valence-corrected chi connectivity index (χ4v) is 6.85. The van der Waals surface area contributed by atoms with Gasteiger partial charge >= 0.3 is 70.7 Å². The van der Waals surface area contributed by atoms with E-state index in [1.54, 1.807) is 0 Å². The maximum absolute atomic E-state index is 15.1. The number of sulfonamides is 1. The van der Waals surface area contributed by atoms with Crippen molar-refractivity contribution in [2.45, 2.75) is 95.6 Å². The molecule has 10 nitrogen and oxygen atoms in total. The number of aliphatic hydroxyl groups is 3. The standard InChI is InChI=1S/C24H27F25N2O8S2/c1-51(2,8-12(54)10-53)6-4-11(9-52)50(5-3-7-60(55,56)57)61(58,59)24(48,49)22(43,44)20(39,40)18(35,36)16(31,32)14(27,28)13(25,26)15(29,30)17(33,34)19(37,38)21(41,42)23(45,46)47/h11-12,52-54H,3-10H2,1-2H3. The SMILES string of the molecule is C[N+](C)(CCC(CO)N(CCCS(=O)(=O)[O-])S(=O)(=O)C(F)(F)C(F)(F)C(F)(F)C(F)(F)C(F)(F)C(F)(F)C(F)(F)C(F)(F)C(F)(F)C(F)(F)C(F)(F)C(F)(F)F)CC(O)CO. The molecule has 2 unspecified atom stereocenters. The lowest BCUT2D eigenvalue weighted by Gasteiger charge is -2.45. The molecule has 0 aromatic rings. The van der Waals surface area contributed by atoms with Crippen molar-refractivity contribution in [2.75, 3.05) is 52.7 Å². The molecule has 0 radical (unpaired) electrons. The molecule has 0 aliphatic carbocycles. The third-order valence-corrected chi connectivity index (χ3v) is 11.1. The molecule has 0 spiro atoms. The van der Waals surface area contributed by atoms with Gasteiger partial charge in [-0.15, -0.1) is 0 Å². The minimum Gasteiger partial charge on any atom is -0.748 e. The Labute approximate surface area is 324 Å². The van der Waals surface area contributed by atoms with Crippen LogP contribution in [0.25, 0.3) is 0 Å². The summed E-state index contributed by atoms with van der Waals surface area (Å²) in [5.74, 6) is -97.3. The Balaban J connectivity index is 7.73. The number of hydrogen-bond acceptors (Lipinski definition) is 8. The van der Waals surface area contributed by atoms with Crippen molar-refractivity contribution in [3.63, 3.8) is 0 Å². The molecule has 61 heavy (non-hydrogen) atoms. The molecule has 0 aromatic heterocycles. The molecule has 0 aromatic carbocycles. The van der Waals surface area contributed by atoms with Gasteiger partial charge in [-0.25, -0.2) is 16.8 Å². The number of alkyl halides is 25. The van der Waals surface area contributed by atoms with E-state index >= 15 is 8.78 Å². The molecule has 0 saturated heterocycles. The summed E-state index contributed by atoms with van der Waals surface area (Å²) in [4.78, 5) is 0. The van der Waals surface area contributed by atoms with Gasteiger partial charge in [-0.05, 0) is 6.42 Å². The highest BCUT2D eigenvalue weighted by atomic mass is 32.2. The summed E-state index contributed by atoms with van der Waals surface area (Å²) < 4.78 is 404. The maximum Gasteiger partial charge on any atom is 0.460 e. The number of aliphatic hydroxyl groups excluding tert-OH is 3. The Bertz CT molecular complexity index is 1740. The Kier molecular flexibility index (Phi) is 16.5. The van der Waals surface area contributed by atoms with Crippen LogP contribution in [0.2, 0.25) is 0 Å². The van der Waals surface area contributed by atoms with Crippen LogP contribution in [0.4, 0.5) is 110 Å². The van der Waals surface area contributed by atoms with Crippen molar-refractivity contribution < 1.29 is 151 Å². The first-order valence-electron chi connectivity index (χ1n) is 15.1. The molecule has 0 heterocycles. The second-order valence-electron chi connectivity index (χ2n) is 13.3. The van der Waals surface area contributed by atoms with Crippen LogP contribution >= 0.6 is 0 Å². The summed E-state index contributed by atoms with van der Waals surface area (Å²) >= 11 is 0. The highest BCUT2D eigenvalue weighted by molar-refractivity contribution is 7.90. The molecule has 0 aliphatic rings. The van der Waals surface area contributed by atoms with Gasteiger partial charge < -0.3 is 24.4 Å². The molecule has 0 amide bonds. The Morgan fingerprint density at radius 2 is 0.852 bits per heavy atom. The fourth-order valence-electron chi connectivity index (χ4n) is 4.69. The van der Waals surface area contributed by atoms with E-state index < -0.39 is 163 Å². The number of halogens is 25. The van der Waals surface area contributed by atoms with Crippen molar-refractivity contribution in [1.82, 2.24) is 4.31 Å². The van der Waals surface area contributed by atoms with Crippen LogP contribution in [0, 0.1) is 0 Å². The first-order valence-corrected chi connectivity index (χ1v) is 18.1. The molecule has 0 fully saturated rings. The lowest BCUT2D eigenvalue weighted by atomic mass is 9.85. The highest BCUT2D eigenvalue weighted by Crippen LogP contribution is 2.68. The topological polar surface area (TPSA) is 155 Å². The zero-order valence-electron chi connectivity index (χ0n) is 29.4. The van der Waals surface area contributed by atoms with E-state index in [0.29, 0.717) is 0 Å². The molecule has 2 atom stereocenters. The Morgan fingerprint density at radius 3 is 1.13 bits per heavy atom. The van der Waals surface area contributed by atoms with Crippen molar-refractivity contribution in [3.8, 4) is 0 Å². The van der Waals surface area contributed by atoms with Crippen LogP contribution in [0.15, 0.2) is 0 Å². The van der Waals surface area contributed by atoms with Gasteiger partial charge in [0.05, 0.1) is 50.0 Å². The molecular formula is C24H27F25N2O8S2. The van der Waals surface area contributed by atoms with Gasteiger partial charge in [0.2, 0.25) is 0 Å². The summed E-state index contributed by atoms with van der Waals surface area (Å²) in [5.41, 5.74) is 0. The molecule has 0 bridgehead atoms. The summed E-state index contributed by atoms with van der Waals surface area (Å²) in [6, 6.07) is -2.88. The number of rotatable bonds is 24. The highest BCUT2D eigenvalue weighted by Gasteiger charge is 3.00. The van der Waals surface area contributed by atoms with E-state index in [4.69, 9.17) is 5.11 Å². The average Bonchev–Trinajstić information content (AvgIpc) is 3.05. The third-order valence-electron chi connectivity index (χ3n) is 8.28. The van der Waals surface area contributed by atoms with Gasteiger partial charge in [-0.2, -0.15) is 114 Å². The first kappa shape index (κ1) is 58.9. The monoisotopic (exact) mass is 1010 g/mol. The van der Waals surface area contributed by atoms with E-state index in [1.165, 1.54) is 0 Å². The van der Waals surface area contributed by atoms with Crippen LogP contribution in [-0.2, 0) is 20.1 Å². The van der Waals surface area contributed by atoms with Crippen LogP contribution in [-0.4, -0.2) is 181 Å². The second-order valence-corrected chi connectivity index (χ2v) is 16.7. The van der Waals surface area contributed by atoms with E-state index in [0.717, 1.165) is 14.1 Å². The zero-order valence-corrected chi connectivity index (χ0v) is 31.0. The van der Waals surface area contributed by atoms with Crippen molar-refractivity contribution in [2.24, 2.45) is 0 Å². The molecule has 368 valence electrons. The Morgan fingerprint density at radius 1 is 0.541 bits per heavy atom. The summed E-state index contributed by atoms with van der Waals surface area (Å²) in [7, 11) is -11.9.